The molecule has 0 aliphatic carbocycles. The zero-order chi connectivity index (χ0) is 106. The van der Waals surface area contributed by atoms with Crippen LogP contribution in [0.25, 0.3) is 0 Å². The van der Waals surface area contributed by atoms with Gasteiger partial charge in [0.15, 0.2) is 56.6 Å². The third-order valence-electron chi connectivity index (χ3n) is 25.6. The molecule has 10 aliphatic rings. The Morgan fingerprint density at radius 2 is 0.636 bits per heavy atom. The van der Waals surface area contributed by atoms with E-state index >= 15 is 0 Å². The molecule has 0 aromatic heterocycles. The summed E-state index contributed by atoms with van der Waals surface area (Å²) in [5, 5.41) is 380. The zero-order valence-corrected chi connectivity index (χ0v) is 76.7. The van der Waals surface area contributed by atoms with Crippen LogP contribution in [0, 0.1) is 0 Å². The SMILES string of the molecule is CC(=O)N[C@H]1[C@H](O[C@@H]([C@H](O)[C@H](CO)NC(C)=O)[C@H](O)CO)O[C@H](CO)[C@@H](O[C@@H]2O[C@H](CO[C@H]3O[C@H](CO)[C@@H](O)[C@H](O)[C@@H]3O[C@@H]3O[C@H](CO)[C@@H](O[C@@H]4O[C@H](CO[C@]5(C(=O)O)C[C@H](O)[C@@H](NC(C)=O)[C@H]([C@H](O)[C@H](O)CO)O5)[C@H](O)[C@H](O)[C@H]4O)[C@H](O)[C@H]3NC(C)=O)[C@@H](O)[C@H](O[C@H]3O[C@H](CO)[C@@H](O)[C@H](O)[C@@H]3O[C@@H]3O[C@H](CO)[C@@H](O[C@@H]4O[C@H](CO)[C@H](O)[C@H](O[C@H]5O[C@H](CO)[C@H](O)[C@H](O)[C@H]5O)[C@H]4O)[C@H](O)[C@H]3NC(C)=O)[C@@H]2O)[C@@H]1O. The average Bonchev–Trinajstić information content (AvgIpc) is 0.768. The molecule has 0 saturated carbocycles. The van der Waals surface area contributed by atoms with Crippen molar-refractivity contribution < 1.29 is 292 Å². The van der Waals surface area contributed by atoms with E-state index in [0.717, 1.165) is 34.6 Å². The summed E-state index contributed by atoms with van der Waals surface area (Å²) in [4.78, 5) is 77.0. The topological polar surface area (TPSA) is 1010 Å². The Labute approximate surface area is 808 Å². The zero-order valence-electron chi connectivity index (χ0n) is 76.7. The number of carbonyl (C=O) groups excluding carboxylic acids is 5. The Morgan fingerprint density at radius 3 is 1.03 bits per heavy atom. The second-order valence-corrected chi connectivity index (χ2v) is 35.7. The Morgan fingerprint density at radius 1 is 0.315 bits per heavy atom. The molecule has 10 heterocycles. The Bertz CT molecular complexity index is 3970. The predicted molar refractivity (Wildman–Crippen MR) is 440 cm³/mol. The van der Waals surface area contributed by atoms with E-state index in [1.54, 1.807) is 0 Å². The van der Waals surface area contributed by atoms with E-state index in [2.05, 4.69) is 26.6 Å². The molecule has 0 aromatic rings. The van der Waals surface area contributed by atoms with Crippen molar-refractivity contribution in [2.75, 3.05) is 79.3 Å². The number of aliphatic carboxylic acids is 1. The van der Waals surface area contributed by atoms with Crippen LogP contribution in [0.2, 0.25) is 0 Å². The van der Waals surface area contributed by atoms with Gasteiger partial charge in [-0.3, -0.25) is 24.0 Å². The van der Waals surface area contributed by atoms with Gasteiger partial charge in [0.1, 0.15) is 256 Å². The summed E-state index contributed by atoms with van der Waals surface area (Å²) in [6.45, 7) is -10.1. The first-order chi connectivity index (χ1) is 67.5. The summed E-state index contributed by atoms with van der Waals surface area (Å²) >= 11 is 0. The number of amides is 5. The molecule has 10 fully saturated rings. The quantitative estimate of drug-likeness (QED) is 0.0270. The molecular formula is C79H133N5O59. The highest BCUT2D eigenvalue weighted by Gasteiger charge is 2.64. The van der Waals surface area contributed by atoms with E-state index < -0.39 is 458 Å². The monoisotopic (exact) mass is 2100 g/mol. The average molecular weight is 2100 g/mol. The van der Waals surface area contributed by atoms with Gasteiger partial charge in [-0.2, -0.15) is 0 Å². The highest BCUT2D eigenvalue weighted by molar-refractivity contribution is 5.77. The molecule has 0 radical (unpaired) electrons. The van der Waals surface area contributed by atoms with Gasteiger partial charge in [-0.05, 0) is 0 Å². The summed E-state index contributed by atoms with van der Waals surface area (Å²) < 4.78 is 119. The van der Waals surface area contributed by atoms with Crippen molar-refractivity contribution >= 4 is 35.5 Å². The van der Waals surface area contributed by atoms with Crippen molar-refractivity contribution in [2.45, 2.75) is 378 Å². The number of rotatable bonds is 43. The van der Waals surface area contributed by atoms with E-state index in [9.17, 15) is 197 Å². The number of ether oxygens (including phenoxy) is 20. The lowest BCUT2D eigenvalue weighted by molar-refractivity contribution is -0.400. The molecule has 828 valence electrons. The third kappa shape index (κ3) is 27.3. The maximum absolute atomic E-state index is 13.2. The van der Waals surface area contributed by atoms with Crippen LogP contribution >= 0.6 is 0 Å². The number of aliphatic hydroxyl groups excluding tert-OH is 32. The lowest BCUT2D eigenvalue weighted by Crippen LogP contribution is -2.70. The molecule has 64 heteroatoms. The first-order valence-electron chi connectivity index (χ1n) is 45.2. The van der Waals surface area contributed by atoms with E-state index in [4.69, 9.17) is 94.7 Å². The van der Waals surface area contributed by atoms with E-state index in [1.807, 2.05) is 0 Å². The molecule has 5 amide bonds. The minimum Gasteiger partial charge on any atom is -0.477 e. The molecule has 143 heavy (non-hydrogen) atoms. The first kappa shape index (κ1) is 120. The fraction of sp³-hybridized carbons (Fsp3) is 0.924. The van der Waals surface area contributed by atoms with Crippen LogP contribution in [0.5, 0.6) is 0 Å². The van der Waals surface area contributed by atoms with Crippen LogP contribution in [0.4, 0.5) is 0 Å². The van der Waals surface area contributed by atoms with Gasteiger partial charge in [-0.25, -0.2) is 4.79 Å². The van der Waals surface area contributed by atoms with Crippen molar-refractivity contribution in [2.24, 2.45) is 0 Å². The van der Waals surface area contributed by atoms with Gasteiger partial charge >= 0.3 is 5.97 Å². The highest BCUT2D eigenvalue weighted by atomic mass is 16.8. The summed E-state index contributed by atoms with van der Waals surface area (Å²) in [5.74, 6) is -10.1. The van der Waals surface area contributed by atoms with Gasteiger partial charge in [0.05, 0.1) is 97.5 Å². The smallest absolute Gasteiger partial charge is 0.364 e. The largest absolute Gasteiger partial charge is 0.477 e. The number of carboxylic acid groups (broad SMARTS) is 1. The molecule has 10 rings (SSSR count). The minimum absolute atomic E-state index is 0.853. The van der Waals surface area contributed by atoms with Crippen LogP contribution in [0.15, 0.2) is 0 Å². The van der Waals surface area contributed by atoms with Gasteiger partial charge in [-0.1, -0.05) is 0 Å². The predicted octanol–water partition coefficient (Wildman–Crippen LogP) is -25.4. The molecule has 55 atom stereocenters. The lowest BCUT2D eigenvalue weighted by atomic mass is 9.88. The third-order valence-corrected chi connectivity index (χ3v) is 25.6. The van der Waals surface area contributed by atoms with Crippen molar-refractivity contribution in [3.05, 3.63) is 0 Å². The van der Waals surface area contributed by atoms with Crippen molar-refractivity contribution in [3.63, 3.8) is 0 Å². The number of aliphatic hydroxyl groups is 32. The Balaban J connectivity index is 0.960. The summed E-state index contributed by atoms with van der Waals surface area (Å²) in [7, 11) is 0. The molecule has 0 spiro atoms. The standard InChI is InChI=1S/C79H133N5O59/c1-19(95)80-24(7-85)41(103)60(27(102)9-87)135-69-38(82-21(3)97)49(111)63(33(15-93)130-69)138-75-59(121)66(140-77-68(55(117)45(107)30(12-90)129-77)142-71-40(84-23(5)99)51(113)62(34(16-94)132-71)137-74-58(120)65(47(109)31(13-91)127-74)139-72-56(118)52(114)43(105)28(10-88)126-72)48(110)35(133-75)17-124-76-67(54(116)44(106)29(11-89)128-76)141-70-39(83-22(4)98)50(112)61(32(14-92)131-70)136-73-57(119)53(115)46(108)36(134-73)18-125-79(78(122)123)6-25(100)37(81-20(2)96)64(143-79)42(104)26(101)8-86/h24-77,85-94,100-121H,6-18H2,1-5H3,(H,80,95)(H,81,96)(H,82,97)(H,83,98)(H,84,99)(H,122,123)/t24-,25-,26+,27+,28+,29+,30+,31+,32+,33+,34+,35+,36+,37+,38+,39+,40+,41+,42+,43-,44+,45+,46-,47-,48+,49+,50+,51+,52-,53-,54-,55-,56+,57+,58+,59-,60+,61+,62+,63+,64+,65-,66-,67-,68-,69-,70-,71-,72+,73-,74-,75-,76-,77+,79+/m0/s1. The molecular weight excluding hydrogens is 1960 g/mol. The van der Waals surface area contributed by atoms with Crippen LogP contribution in [-0.4, -0.2) is 620 Å². The summed E-state index contributed by atoms with van der Waals surface area (Å²) in [6, 6.07) is -9.69. The Hall–Kier alpha value is -5.26. The normalized spacial score (nSPS) is 45.5. The highest BCUT2D eigenvalue weighted by Crippen LogP contribution is 2.43. The van der Waals surface area contributed by atoms with Crippen molar-refractivity contribution in [1.82, 2.24) is 26.6 Å². The van der Waals surface area contributed by atoms with Gasteiger partial charge < -0.3 is 290 Å². The van der Waals surface area contributed by atoms with E-state index in [-0.39, 0.29) is 0 Å². The maximum atomic E-state index is 13.2. The summed E-state index contributed by atoms with van der Waals surface area (Å²) in [5.41, 5.74) is 0. The number of nitrogens with one attached hydrogen (secondary N) is 5. The molecule has 64 nitrogen and oxygen atoms in total. The molecule has 38 N–H and O–H groups in total. The van der Waals surface area contributed by atoms with Gasteiger partial charge in [0.25, 0.3) is 5.79 Å². The molecule has 0 unspecified atom stereocenters. The van der Waals surface area contributed by atoms with Crippen LogP contribution in [-0.2, 0) is 124 Å². The fourth-order valence-corrected chi connectivity index (χ4v) is 18.0. The van der Waals surface area contributed by atoms with Gasteiger partial charge in [-0.15, -0.1) is 0 Å². The van der Waals surface area contributed by atoms with E-state index in [1.165, 1.54) is 0 Å². The maximum Gasteiger partial charge on any atom is 0.364 e. The van der Waals surface area contributed by atoms with Crippen LogP contribution in [0.3, 0.4) is 0 Å². The second kappa shape index (κ2) is 52.7. The number of hydrogen-bond acceptors (Lipinski definition) is 58. The van der Waals surface area contributed by atoms with Gasteiger partial charge in [0, 0.05) is 41.0 Å². The molecule has 10 aliphatic heterocycles. The molecule has 0 aromatic carbocycles. The minimum atomic E-state index is -3.12. The Kier molecular flexibility index (Phi) is 44.0. The van der Waals surface area contributed by atoms with Crippen molar-refractivity contribution in [1.29, 1.82) is 0 Å². The molecule has 0 bridgehead atoms. The number of carbonyl (C=O) groups is 6. The summed E-state index contributed by atoms with van der Waals surface area (Å²) in [6.07, 6.45) is -111. The van der Waals surface area contributed by atoms with Crippen LogP contribution < -0.4 is 26.6 Å². The lowest BCUT2D eigenvalue weighted by Gasteiger charge is -2.51. The van der Waals surface area contributed by atoms with Crippen molar-refractivity contribution in [3.8, 4) is 0 Å². The van der Waals surface area contributed by atoms with E-state index in [0.29, 0.717) is 0 Å². The second-order valence-electron chi connectivity index (χ2n) is 35.7. The van der Waals surface area contributed by atoms with Crippen LogP contribution in [0.1, 0.15) is 41.0 Å². The van der Waals surface area contributed by atoms with Gasteiger partial charge in [0.2, 0.25) is 29.5 Å². The first-order valence-corrected chi connectivity index (χ1v) is 45.2. The number of hydrogen-bond donors (Lipinski definition) is 38. The fourth-order valence-electron chi connectivity index (χ4n) is 18.0. The molecule has 10 saturated heterocycles. The number of carboxylic acids is 1.